The van der Waals surface area contributed by atoms with E-state index in [4.69, 9.17) is 0 Å². The lowest BCUT2D eigenvalue weighted by Gasteiger charge is -2.32. The van der Waals surface area contributed by atoms with E-state index in [1.807, 2.05) is 18.2 Å². The first-order chi connectivity index (χ1) is 12.1. The molecule has 0 aliphatic carbocycles. The van der Waals surface area contributed by atoms with E-state index in [-0.39, 0.29) is 24.3 Å². The number of amides is 3. The highest BCUT2D eigenvalue weighted by Gasteiger charge is 2.39. The summed E-state index contributed by atoms with van der Waals surface area (Å²) in [5.41, 5.74) is 2.50. The molecule has 132 valence electrons. The zero-order valence-corrected chi connectivity index (χ0v) is 14.3. The molecule has 1 atom stereocenters. The smallest absolute Gasteiger partial charge is 0.273 e. The number of hydrogen-bond donors (Lipinski definition) is 1. The molecule has 4 rings (SSSR count). The summed E-state index contributed by atoms with van der Waals surface area (Å²) < 4.78 is 0. The predicted octanol–water partition coefficient (Wildman–Crippen LogP) is 0.895. The molecule has 1 N–H and O–H groups in total. The van der Waals surface area contributed by atoms with Crippen molar-refractivity contribution in [1.29, 1.82) is 0 Å². The molecule has 0 saturated carbocycles. The Kier molecular flexibility index (Phi) is 3.95. The number of fused-ring (bicyclic) bond motifs is 1. The van der Waals surface area contributed by atoms with Crippen molar-refractivity contribution in [3.63, 3.8) is 0 Å². The van der Waals surface area contributed by atoms with Crippen LogP contribution in [-0.2, 0) is 16.1 Å². The molecule has 25 heavy (non-hydrogen) atoms. The van der Waals surface area contributed by atoms with Crippen molar-refractivity contribution in [3.05, 3.63) is 29.3 Å². The number of nitrogens with one attached hydrogen (secondary N) is 1. The monoisotopic (exact) mass is 342 g/mol. The fourth-order valence-corrected chi connectivity index (χ4v) is 3.86. The first kappa shape index (κ1) is 16.1. The Morgan fingerprint density at radius 2 is 1.92 bits per heavy atom. The number of rotatable bonds is 3. The molecule has 2 saturated heterocycles. The first-order valence-corrected chi connectivity index (χ1v) is 8.80. The maximum absolute atomic E-state index is 12.7. The molecule has 0 unspecified atom stereocenters. The average molecular weight is 342 g/mol. The SMILES string of the molecule is CN(c1ccc2c(c1)CN(N1C(=O)CCCC1=O)C2=O)[C@@H]1CCNC1. The van der Waals surface area contributed by atoms with Crippen molar-refractivity contribution in [2.45, 2.75) is 38.3 Å². The molecule has 0 aromatic heterocycles. The number of anilines is 1. The molecule has 3 heterocycles. The summed E-state index contributed by atoms with van der Waals surface area (Å²) in [4.78, 5) is 39.2. The molecule has 7 nitrogen and oxygen atoms in total. The van der Waals surface area contributed by atoms with Gasteiger partial charge in [-0.05, 0) is 43.1 Å². The Labute approximate surface area is 146 Å². The van der Waals surface area contributed by atoms with Crippen LogP contribution in [0.4, 0.5) is 5.69 Å². The van der Waals surface area contributed by atoms with Crippen LogP contribution in [0.3, 0.4) is 0 Å². The Bertz CT molecular complexity index is 726. The van der Waals surface area contributed by atoms with Crippen molar-refractivity contribution in [3.8, 4) is 0 Å². The van der Waals surface area contributed by atoms with Gasteiger partial charge in [0.05, 0.1) is 6.54 Å². The van der Waals surface area contributed by atoms with Crippen molar-refractivity contribution in [1.82, 2.24) is 15.3 Å². The van der Waals surface area contributed by atoms with Crippen molar-refractivity contribution in [2.75, 3.05) is 25.0 Å². The number of likely N-dealkylation sites (N-methyl/N-ethyl adjacent to an activating group) is 1. The Morgan fingerprint density at radius 1 is 1.16 bits per heavy atom. The van der Waals surface area contributed by atoms with Gasteiger partial charge in [-0.15, -0.1) is 0 Å². The second-order valence-corrected chi connectivity index (χ2v) is 6.91. The zero-order valence-electron chi connectivity index (χ0n) is 14.3. The zero-order chi connectivity index (χ0) is 17.6. The van der Waals surface area contributed by atoms with Gasteiger partial charge in [0, 0.05) is 43.7 Å². The lowest BCUT2D eigenvalue weighted by atomic mass is 10.1. The quantitative estimate of drug-likeness (QED) is 0.826. The van der Waals surface area contributed by atoms with Gasteiger partial charge in [0.1, 0.15) is 0 Å². The molecule has 1 aromatic rings. The van der Waals surface area contributed by atoms with Crippen molar-refractivity contribution < 1.29 is 14.4 Å². The lowest BCUT2D eigenvalue weighted by molar-refractivity contribution is -0.163. The molecular weight excluding hydrogens is 320 g/mol. The normalized spacial score (nSPS) is 23.4. The van der Waals surface area contributed by atoms with Crippen LogP contribution in [0, 0.1) is 0 Å². The van der Waals surface area contributed by atoms with Gasteiger partial charge in [0.15, 0.2) is 0 Å². The standard InChI is InChI=1S/C18H22N4O3/c1-20(14-7-8-19-10-14)13-5-6-15-12(9-13)11-21(18(15)25)22-16(23)3-2-4-17(22)24/h5-6,9,14,19H,2-4,7-8,10-11H2,1H3/t14-/m1/s1. The fraction of sp³-hybridized carbons (Fsp3) is 0.500. The minimum Gasteiger partial charge on any atom is -0.370 e. The average Bonchev–Trinajstić information content (AvgIpc) is 3.23. The number of benzene rings is 1. The van der Waals surface area contributed by atoms with Crippen LogP contribution >= 0.6 is 0 Å². The van der Waals surface area contributed by atoms with Crippen LogP contribution in [0.1, 0.15) is 41.6 Å². The highest BCUT2D eigenvalue weighted by Crippen LogP contribution is 2.30. The van der Waals surface area contributed by atoms with E-state index in [2.05, 4.69) is 17.3 Å². The molecule has 2 fully saturated rings. The first-order valence-electron chi connectivity index (χ1n) is 8.80. The number of carbonyl (C=O) groups excluding carboxylic acids is 3. The van der Waals surface area contributed by atoms with Crippen LogP contribution in [0.2, 0.25) is 0 Å². The number of piperidine rings is 1. The molecule has 3 aliphatic rings. The number of nitrogens with zero attached hydrogens (tertiary/aromatic N) is 3. The highest BCUT2D eigenvalue weighted by molar-refractivity contribution is 6.04. The maximum atomic E-state index is 12.7. The topological polar surface area (TPSA) is 73.0 Å². The van der Waals surface area contributed by atoms with Gasteiger partial charge >= 0.3 is 0 Å². The van der Waals surface area contributed by atoms with E-state index in [9.17, 15) is 14.4 Å². The Hall–Kier alpha value is -2.41. The number of hydrazine groups is 1. The van der Waals surface area contributed by atoms with Crippen LogP contribution in [0.5, 0.6) is 0 Å². The van der Waals surface area contributed by atoms with E-state index < -0.39 is 0 Å². The highest BCUT2D eigenvalue weighted by atomic mass is 16.2. The third-order valence-electron chi connectivity index (χ3n) is 5.36. The summed E-state index contributed by atoms with van der Waals surface area (Å²) in [6.07, 6.45) is 2.28. The lowest BCUT2D eigenvalue weighted by Crippen LogP contribution is -2.51. The minimum absolute atomic E-state index is 0.268. The number of hydrogen-bond acceptors (Lipinski definition) is 5. The van der Waals surface area contributed by atoms with Gasteiger partial charge in [-0.1, -0.05) is 0 Å². The van der Waals surface area contributed by atoms with Crippen LogP contribution in [-0.4, -0.2) is 53.9 Å². The molecule has 0 bridgehead atoms. The second-order valence-electron chi connectivity index (χ2n) is 6.91. The predicted molar refractivity (Wildman–Crippen MR) is 91.7 cm³/mol. The van der Waals surface area contributed by atoms with Gasteiger partial charge in [-0.3, -0.25) is 14.4 Å². The van der Waals surface area contributed by atoms with Crippen molar-refractivity contribution in [2.24, 2.45) is 0 Å². The Morgan fingerprint density at radius 3 is 2.60 bits per heavy atom. The van der Waals surface area contributed by atoms with Gasteiger partial charge in [-0.25, -0.2) is 5.01 Å². The summed E-state index contributed by atoms with van der Waals surface area (Å²) in [5.74, 6) is -0.839. The number of imide groups is 1. The van der Waals surface area contributed by atoms with Gasteiger partial charge in [0.2, 0.25) is 11.8 Å². The molecule has 0 radical (unpaired) electrons. The van der Waals surface area contributed by atoms with E-state index in [0.717, 1.165) is 35.8 Å². The van der Waals surface area contributed by atoms with Crippen molar-refractivity contribution >= 4 is 23.4 Å². The van der Waals surface area contributed by atoms with Crippen LogP contribution < -0.4 is 10.2 Å². The van der Waals surface area contributed by atoms with E-state index in [0.29, 0.717) is 30.9 Å². The molecular formula is C18H22N4O3. The summed E-state index contributed by atoms with van der Waals surface area (Å²) in [6, 6.07) is 6.20. The van der Waals surface area contributed by atoms with E-state index in [1.54, 1.807) is 0 Å². The van der Waals surface area contributed by atoms with Gasteiger partial charge < -0.3 is 10.2 Å². The van der Waals surface area contributed by atoms with E-state index in [1.165, 1.54) is 5.01 Å². The van der Waals surface area contributed by atoms with Gasteiger partial charge in [0.25, 0.3) is 5.91 Å². The molecule has 7 heteroatoms. The Balaban J connectivity index is 1.58. The summed E-state index contributed by atoms with van der Waals surface area (Å²) in [5, 5.41) is 5.71. The number of carbonyl (C=O) groups is 3. The van der Waals surface area contributed by atoms with E-state index >= 15 is 0 Å². The summed E-state index contributed by atoms with van der Waals surface area (Å²) in [7, 11) is 2.06. The largest absolute Gasteiger partial charge is 0.370 e. The fourth-order valence-electron chi connectivity index (χ4n) is 3.86. The molecule has 1 aromatic carbocycles. The van der Waals surface area contributed by atoms with Crippen LogP contribution in [0.15, 0.2) is 18.2 Å². The second kappa shape index (κ2) is 6.15. The third-order valence-corrected chi connectivity index (χ3v) is 5.36. The summed E-state index contributed by atoms with van der Waals surface area (Å²) >= 11 is 0. The van der Waals surface area contributed by atoms with Crippen LogP contribution in [0.25, 0.3) is 0 Å². The summed E-state index contributed by atoms with van der Waals surface area (Å²) in [6.45, 7) is 2.25. The minimum atomic E-state index is -0.285. The molecule has 0 spiro atoms. The van der Waals surface area contributed by atoms with Gasteiger partial charge in [-0.2, -0.15) is 5.01 Å². The maximum Gasteiger partial charge on any atom is 0.273 e. The molecule has 3 amide bonds. The third kappa shape index (κ3) is 2.68. The molecule has 3 aliphatic heterocycles.